The number of nitrogens with one attached hydrogen (secondary N) is 3. The SMILES string of the molecule is Cc1cc(C(=O)NC(CC(C)C)C(O)CC(C)C(=O)NC(C(=O)NCC(C)C)C(C)C)cc(C(=O)N(C)Cc2ccccn2)c1. The van der Waals surface area contributed by atoms with Gasteiger partial charge in [0.1, 0.15) is 6.04 Å². The van der Waals surface area contributed by atoms with Crippen molar-refractivity contribution in [3.8, 4) is 0 Å². The van der Waals surface area contributed by atoms with Gasteiger partial charge < -0.3 is 26.0 Å². The van der Waals surface area contributed by atoms with Gasteiger partial charge in [0.2, 0.25) is 11.8 Å². The Labute approximate surface area is 268 Å². The number of aryl methyl sites for hydroxylation is 1. The number of rotatable bonds is 16. The van der Waals surface area contributed by atoms with Crippen molar-refractivity contribution in [1.29, 1.82) is 0 Å². The molecule has 4 atom stereocenters. The molecule has 4 amide bonds. The summed E-state index contributed by atoms with van der Waals surface area (Å²) >= 11 is 0. The largest absolute Gasteiger partial charge is 0.391 e. The number of amides is 4. The van der Waals surface area contributed by atoms with Gasteiger partial charge >= 0.3 is 0 Å². The number of benzene rings is 1. The van der Waals surface area contributed by atoms with Crippen LogP contribution in [-0.2, 0) is 16.1 Å². The number of nitrogens with zero attached hydrogens (tertiary/aromatic N) is 2. The molecular weight excluding hydrogens is 570 g/mol. The Hall–Kier alpha value is -3.79. The third kappa shape index (κ3) is 12.3. The molecule has 0 aliphatic heterocycles. The van der Waals surface area contributed by atoms with Crippen LogP contribution in [0, 0.1) is 30.6 Å². The maximum Gasteiger partial charge on any atom is 0.253 e. The molecule has 2 rings (SSSR count). The van der Waals surface area contributed by atoms with E-state index in [1.165, 1.54) is 0 Å². The van der Waals surface area contributed by atoms with Crippen molar-refractivity contribution in [3.63, 3.8) is 0 Å². The molecule has 0 saturated heterocycles. The molecule has 2 aromatic rings. The summed E-state index contributed by atoms with van der Waals surface area (Å²) in [5.74, 6) is -1.51. The zero-order chi connectivity index (χ0) is 33.8. The van der Waals surface area contributed by atoms with E-state index in [0.29, 0.717) is 30.6 Å². The quantitative estimate of drug-likeness (QED) is 0.222. The molecule has 0 fully saturated rings. The van der Waals surface area contributed by atoms with E-state index < -0.39 is 30.0 Å². The highest BCUT2D eigenvalue weighted by Crippen LogP contribution is 2.19. The average Bonchev–Trinajstić information content (AvgIpc) is 2.97. The van der Waals surface area contributed by atoms with Crippen molar-refractivity contribution in [2.45, 2.75) is 93.0 Å². The average molecular weight is 624 g/mol. The van der Waals surface area contributed by atoms with Crippen molar-refractivity contribution in [1.82, 2.24) is 25.8 Å². The van der Waals surface area contributed by atoms with Crippen molar-refractivity contribution in [2.24, 2.45) is 23.7 Å². The van der Waals surface area contributed by atoms with Crippen LogP contribution in [0.1, 0.15) is 93.3 Å². The van der Waals surface area contributed by atoms with Gasteiger partial charge in [0.15, 0.2) is 0 Å². The van der Waals surface area contributed by atoms with Gasteiger partial charge in [-0.1, -0.05) is 54.5 Å². The summed E-state index contributed by atoms with van der Waals surface area (Å²) < 4.78 is 0. The molecule has 0 aliphatic carbocycles. The van der Waals surface area contributed by atoms with E-state index in [-0.39, 0.29) is 41.9 Å². The molecule has 10 heteroatoms. The van der Waals surface area contributed by atoms with E-state index in [1.54, 1.807) is 43.3 Å². The van der Waals surface area contributed by atoms with E-state index in [0.717, 1.165) is 11.3 Å². The molecule has 0 bridgehead atoms. The fourth-order valence-electron chi connectivity index (χ4n) is 5.01. The number of carbonyl (C=O) groups excluding carboxylic acids is 4. The third-order valence-corrected chi connectivity index (χ3v) is 7.54. The number of aliphatic hydroxyl groups is 1. The summed E-state index contributed by atoms with van der Waals surface area (Å²) in [5.41, 5.74) is 2.19. The Balaban J connectivity index is 2.13. The first-order valence-electron chi connectivity index (χ1n) is 15.9. The fourth-order valence-corrected chi connectivity index (χ4v) is 5.01. The van der Waals surface area contributed by atoms with Crippen molar-refractivity contribution in [2.75, 3.05) is 13.6 Å². The molecule has 45 heavy (non-hydrogen) atoms. The first kappa shape index (κ1) is 37.4. The molecule has 0 spiro atoms. The van der Waals surface area contributed by atoms with E-state index in [4.69, 9.17) is 0 Å². The summed E-state index contributed by atoms with van der Waals surface area (Å²) in [6.45, 7) is 16.1. The maximum atomic E-state index is 13.5. The molecule has 0 saturated carbocycles. The Morgan fingerprint density at radius 3 is 2.11 bits per heavy atom. The van der Waals surface area contributed by atoms with Gasteiger partial charge in [-0.15, -0.1) is 0 Å². The predicted molar refractivity (Wildman–Crippen MR) is 176 cm³/mol. The highest BCUT2D eigenvalue weighted by atomic mass is 16.3. The lowest BCUT2D eigenvalue weighted by molar-refractivity contribution is -0.132. The van der Waals surface area contributed by atoms with Crippen LogP contribution in [0.2, 0.25) is 0 Å². The van der Waals surface area contributed by atoms with E-state index in [9.17, 15) is 24.3 Å². The topological polar surface area (TPSA) is 141 Å². The van der Waals surface area contributed by atoms with Crippen LogP contribution in [0.3, 0.4) is 0 Å². The summed E-state index contributed by atoms with van der Waals surface area (Å²) in [5, 5.41) is 19.9. The molecule has 10 nitrogen and oxygen atoms in total. The lowest BCUT2D eigenvalue weighted by Gasteiger charge is -2.29. The van der Waals surface area contributed by atoms with Crippen LogP contribution in [0.15, 0.2) is 42.6 Å². The highest BCUT2D eigenvalue weighted by molar-refractivity contribution is 6.00. The van der Waals surface area contributed by atoms with Crippen LogP contribution in [0.25, 0.3) is 0 Å². The Bertz CT molecular complexity index is 1280. The highest BCUT2D eigenvalue weighted by Gasteiger charge is 2.30. The standard InChI is InChI=1S/C35H53N5O5/c1-21(2)14-29(30(41)17-25(8)32(42)39-31(23(5)6)34(44)37-19-22(3)4)38-33(43)26-15-24(7)16-27(18-26)35(45)40(9)20-28-12-10-11-13-36-28/h10-13,15-16,18,21-23,25,29-31,41H,14,17,19-20H2,1-9H3,(H,37,44)(H,38,43)(H,39,42). The zero-order valence-electron chi connectivity index (χ0n) is 28.4. The Kier molecular flexibility index (Phi) is 14.7. The second kappa shape index (κ2) is 17.6. The van der Waals surface area contributed by atoms with Crippen LogP contribution in [0.5, 0.6) is 0 Å². The summed E-state index contributed by atoms with van der Waals surface area (Å²) in [7, 11) is 1.69. The number of hydrogen-bond donors (Lipinski definition) is 4. The van der Waals surface area contributed by atoms with Crippen LogP contribution in [0.4, 0.5) is 0 Å². The molecule has 1 aromatic heterocycles. The molecule has 248 valence electrons. The Morgan fingerprint density at radius 1 is 0.867 bits per heavy atom. The van der Waals surface area contributed by atoms with Gasteiger partial charge in [0, 0.05) is 36.8 Å². The van der Waals surface area contributed by atoms with E-state index in [2.05, 4.69) is 20.9 Å². The first-order chi connectivity index (χ1) is 21.1. The van der Waals surface area contributed by atoms with Crippen molar-refractivity contribution in [3.05, 3.63) is 65.0 Å². The monoisotopic (exact) mass is 623 g/mol. The lowest BCUT2D eigenvalue weighted by Crippen LogP contribution is -2.52. The second-order valence-electron chi connectivity index (χ2n) is 13.4. The number of aromatic nitrogens is 1. The normalized spacial score (nSPS) is 14.1. The van der Waals surface area contributed by atoms with Crippen LogP contribution < -0.4 is 16.0 Å². The van der Waals surface area contributed by atoms with Crippen LogP contribution >= 0.6 is 0 Å². The minimum absolute atomic E-state index is 0.0950. The second-order valence-corrected chi connectivity index (χ2v) is 13.4. The minimum Gasteiger partial charge on any atom is -0.391 e. The Morgan fingerprint density at radius 2 is 1.53 bits per heavy atom. The number of aliphatic hydroxyl groups excluding tert-OH is 1. The van der Waals surface area contributed by atoms with Gasteiger partial charge in [0.25, 0.3) is 11.8 Å². The summed E-state index contributed by atoms with van der Waals surface area (Å²) in [6, 6.07) is 9.20. The minimum atomic E-state index is -1.01. The third-order valence-electron chi connectivity index (χ3n) is 7.54. The van der Waals surface area contributed by atoms with Gasteiger partial charge in [-0.25, -0.2) is 0 Å². The van der Waals surface area contributed by atoms with Crippen molar-refractivity contribution < 1.29 is 24.3 Å². The molecule has 0 radical (unpaired) electrons. The molecular formula is C35H53N5O5. The molecule has 1 aromatic carbocycles. The number of hydrogen-bond acceptors (Lipinski definition) is 6. The lowest BCUT2D eigenvalue weighted by atomic mass is 9.91. The van der Waals surface area contributed by atoms with Gasteiger partial charge in [-0.3, -0.25) is 24.2 Å². The molecule has 0 aliphatic rings. The van der Waals surface area contributed by atoms with Gasteiger partial charge in [-0.2, -0.15) is 0 Å². The van der Waals surface area contributed by atoms with Gasteiger partial charge in [-0.05, 0) is 73.4 Å². The number of carbonyl (C=O) groups is 4. The predicted octanol–water partition coefficient (Wildman–Crippen LogP) is 4.11. The van der Waals surface area contributed by atoms with E-state index >= 15 is 0 Å². The first-order valence-corrected chi connectivity index (χ1v) is 15.9. The van der Waals surface area contributed by atoms with Crippen LogP contribution in [-0.4, -0.2) is 70.4 Å². The maximum absolute atomic E-state index is 13.5. The van der Waals surface area contributed by atoms with E-state index in [1.807, 2.05) is 66.7 Å². The summed E-state index contributed by atoms with van der Waals surface area (Å²) in [6.07, 6.45) is 1.24. The molecule has 4 N–H and O–H groups in total. The fraction of sp³-hybridized carbons (Fsp3) is 0.571. The molecule has 4 unspecified atom stereocenters. The summed E-state index contributed by atoms with van der Waals surface area (Å²) in [4.78, 5) is 58.3. The van der Waals surface area contributed by atoms with Gasteiger partial charge in [0.05, 0.1) is 24.4 Å². The number of pyridine rings is 1. The smallest absolute Gasteiger partial charge is 0.253 e. The van der Waals surface area contributed by atoms with Crippen molar-refractivity contribution >= 4 is 23.6 Å². The zero-order valence-corrected chi connectivity index (χ0v) is 28.4. The molecule has 1 heterocycles.